The van der Waals surface area contributed by atoms with Crippen molar-refractivity contribution in [2.75, 3.05) is 20.8 Å². The van der Waals surface area contributed by atoms with Crippen molar-refractivity contribution < 1.29 is 32.3 Å². The van der Waals surface area contributed by atoms with E-state index in [-0.39, 0.29) is 22.9 Å². The zero-order chi connectivity index (χ0) is 25.8. The molecular weight excluding hydrogens is 476 g/mol. The number of nitro benzene ring substituents is 1. The molecule has 3 rings (SSSR count). The third-order valence-electron chi connectivity index (χ3n) is 5.62. The van der Waals surface area contributed by atoms with Crippen LogP contribution in [0.4, 0.5) is 5.69 Å². The molecule has 0 saturated heterocycles. The summed E-state index contributed by atoms with van der Waals surface area (Å²) in [4.78, 5) is 22.9. The van der Waals surface area contributed by atoms with E-state index in [4.69, 9.17) is 14.2 Å². The van der Waals surface area contributed by atoms with Crippen LogP contribution in [0.1, 0.15) is 42.5 Å². The zero-order valence-electron chi connectivity index (χ0n) is 20.0. The lowest BCUT2D eigenvalue weighted by molar-refractivity contribution is -0.384. The van der Waals surface area contributed by atoms with Crippen molar-refractivity contribution in [2.24, 2.45) is 0 Å². The molecule has 188 valence electrons. The van der Waals surface area contributed by atoms with Gasteiger partial charge in [0.15, 0.2) is 6.29 Å². The number of hydrogen-bond acceptors (Lipinski definition) is 8. The van der Waals surface area contributed by atoms with Gasteiger partial charge in [0, 0.05) is 38.0 Å². The molecule has 2 aromatic rings. The number of fused-ring (bicyclic) bond motifs is 1. The highest BCUT2D eigenvalue weighted by molar-refractivity contribution is 7.89. The third-order valence-corrected chi connectivity index (χ3v) is 7.43. The first-order chi connectivity index (χ1) is 16.6. The average molecular weight is 505 g/mol. The van der Waals surface area contributed by atoms with Crippen LogP contribution in [0.3, 0.4) is 0 Å². The van der Waals surface area contributed by atoms with Crippen LogP contribution in [-0.4, -0.2) is 50.7 Å². The quantitative estimate of drug-likeness (QED) is 0.119. The topological polar surface area (TPSA) is 125 Å². The molecule has 0 bridgehead atoms. The number of nitrogens with zero attached hydrogens (tertiary/aromatic N) is 2. The van der Waals surface area contributed by atoms with E-state index < -0.39 is 33.2 Å². The molecule has 0 radical (unpaired) electrons. The first kappa shape index (κ1) is 26.3. The number of unbranched alkanes of at least 4 members (excludes halogenated alkanes) is 1. The van der Waals surface area contributed by atoms with E-state index in [0.29, 0.717) is 17.5 Å². The van der Waals surface area contributed by atoms with Gasteiger partial charge in [-0.15, -0.1) is 0 Å². The molecule has 0 aromatic heterocycles. The molecule has 1 aliphatic heterocycles. The fourth-order valence-corrected chi connectivity index (χ4v) is 5.53. The molecule has 1 atom stereocenters. The summed E-state index contributed by atoms with van der Waals surface area (Å²) in [5.74, 6) is -0.683. The van der Waals surface area contributed by atoms with Crippen LogP contribution in [-0.2, 0) is 29.0 Å². The summed E-state index contributed by atoms with van der Waals surface area (Å²) in [5.41, 5.74) is 1.82. The molecule has 11 heteroatoms. The second-order valence-electron chi connectivity index (χ2n) is 7.98. The maximum absolute atomic E-state index is 13.9. The number of aryl methyl sites for hydroxylation is 1. The summed E-state index contributed by atoms with van der Waals surface area (Å²) < 4.78 is 45.1. The highest BCUT2D eigenvalue weighted by Gasteiger charge is 2.46. The Morgan fingerprint density at radius 1 is 1.17 bits per heavy atom. The normalized spacial score (nSPS) is 16.5. The number of carbonyl (C=O) groups excluding carboxylic acids is 1. The Kier molecular flexibility index (Phi) is 8.26. The number of non-ortho nitro benzene ring substituents is 1. The van der Waals surface area contributed by atoms with Crippen molar-refractivity contribution in [3.05, 3.63) is 75.3 Å². The van der Waals surface area contributed by atoms with E-state index in [2.05, 4.69) is 0 Å². The molecule has 2 aromatic carbocycles. The summed E-state index contributed by atoms with van der Waals surface area (Å²) in [6.07, 6.45) is 1.65. The minimum absolute atomic E-state index is 0.104. The van der Waals surface area contributed by atoms with Crippen LogP contribution in [0.25, 0.3) is 5.70 Å². The third kappa shape index (κ3) is 5.37. The van der Waals surface area contributed by atoms with E-state index in [1.54, 1.807) is 12.1 Å². The minimum atomic E-state index is -4.32. The number of esters is 1. The van der Waals surface area contributed by atoms with Crippen LogP contribution in [0.5, 0.6) is 0 Å². The minimum Gasteiger partial charge on any atom is -0.462 e. The Balaban J connectivity index is 2.21. The second-order valence-corrected chi connectivity index (χ2v) is 9.79. The Morgan fingerprint density at radius 2 is 1.83 bits per heavy atom. The lowest BCUT2D eigenvalue weighted by atomic mass is 10.0. The van der Waals surface area contributed by atoms with Crippen LogP contribution in [0.2, 0.25) is 0 Å². The average Bonchev–Trinajstić information content (AvgIpc) is 3.14. The Labute approximate surface area is 204 Å². The molecule has 0 aliphatic carbocycles. The summed E-state index contributed by atoms with van der Waals surface area (Å²) in [6, 6.07) is 8.95. The van der Waals surface area contributed by atoms with Crippen molar-refractivity contribution in [3.8, 4) is 0 Å². The maximum Gasteiger partial charge on any atom is 0.332 e. The van der Waals surface area contributed by atoms with Crippen LogP contribution >= 0.6 is 0 Å². The summed E-state index contributed by atoms with van der Waals surface area (Å²) in [7, 11) is -1.54. The van der Waals surface area contributed by atoms with E-state index >= 15 is 0 Å². The van der Waals surface area contributed by atoms with Crippen molar-refractivity contribution >= 4 is 27.4 Å². The summed E-state index contributed by atoms with van der Waals surface area (Å²) in [6.45, 7) is 4.02. The lowest BCUT2D eigenvalue weighted by Gasteiger charge is -2.31. The van der Waals surface area contributed by atoms with Gasteiger partial charge in [0.05, 0.1) is 22.1 Å². The van der Waals surface area contributed by atoms with Gasteiger partial charge in [-0.1, -0.05) is 31.0 Å². The number of sulfonamides is 1. The first-order valence-corrected chi connectivity index (χ1v) is 12.4. The van der Waals surface area contributed by atoms with Gasteiger partial charge in [0.25, 0.3) is 15.7 Å². The number of ether oxygens (including phenoxy) is 3. The summed E-state index contributed by atoms with van der Waals surface area (Å²) >= 11 is 0. The van der Waals surface area contributed by atoms with Crippen molar-refractivity contribution in [3.63, 3.8) is 0 Å². The smallest absolute Gasteiger partial charge is 0.332 e. The summed E-state index contributed by atoms with van der Waals surface area (Å²) in [5, 5.41) is 11.1. The number of methoxy groups -OCH3 is 2. The van der Waals surface area contributed by atoms with E-state index in [1.165, 1.54) is 14.2 Å². The van der Waals surface area contributed by atoms with Gasteiger partial charge < -0.3 is 14.2 Å². The van der Waals surface area contributed by atoms with Crippen LogP contribution < -0.4 is 0 Å². The Bertz CT molecular complexity index is 1220. The molecule has 0 N–H and O–H groups in total. The first-order valence-electron chi connectivity index (χ1n) is 11.0. The molecule has 1 aliphatic rings. The van der Waals surface area contributed by atoms with Gasteiger partial charge >= 0.3 is 5.97 Å². The number of nitro groups is 1. The van der Waals surface area contributed by atoms with Gasteiger partial charge in [-0.25, -0.2) is 13.2 Å². The van der Waals surface area contributed by atoms with Crippen LogP contribution in [0.15, 0.2) is 53.4 Å². The predicted octanol–water partition coefficient (Wildman–Crippen LogP) is 3.95. The number of benzene rings is 2. The number of rotatable bonds is 10. The van der Waals surface area contributed by atoms with Gasteiger partial charge in [0.1, 0.15) is 6.04 Å². The van der Waals surface area contributed by atoms with Crippen molar-refractivity contribution in [1.82, 2.24) is 4.31 Å². The highest BCUT2D eigenvalue weighted by atomic mass is 32.2. The second kappa shape index (κ2) is 11.0. The fraction of sp³-hybridized carbons (Fsp3) is 0.375. The van der Waals surface area contributed by atoms with Crippen molar-refractivity contribution in [2.45, 2.75) is 43.9 Å². The Morgan fingerprint density at radius 3 is 2.40 bits per heavy atom. The SMILES string of the molecule is CCCCOC(=O)/C=C1\c2cc(C)ccc2C(C(OC)OC)N1S(=O)(=O)c1ccc([N+](=O)[O-])cc1. The fourth-order valence-electron chi connectivity index (χ4n) is 3.90. The molecular formula is C24H28N2O8S. The predicted molar refractivity (Wildman–Crippen MR) is 128 cm³/mol. The monoisotopic (exact) mass is 504 g/mol. The molecule has 0 spiro atoms. The lowest BCUT2D eigenvalue weighted by Crippen LogP contribution is -2.37. The van der Waals surface area contributed by atoms with Gasteiger partial charge in [-0.2, -0.15) is 0 Å². The number of carbonyl (C=O) groups is 1. The maximum atomic E-state index is 13.9. The molecule has 10 nitrogen and oxygen atoms in total. The van der Waals surface area contributed by atoms with Crippen LogP contribution in [0, 0.1) is 17.0 Å². The Hall–Kier alpha value is -3.28. The number of hydrogen-bond donors (Lipinski definition) is 0. The molecule has 0 fully saturated rings. The molecule has 1 unspecified atom stereocenters. The van der Waals surface area contributed by atoms with E-state index in [9.17, 15) is 23.3 Å². The zero-order valence-corrected chi connectivity index (χ0v) is 20.8. The van der Waals surface area contributed by atoms with Gasteiger partial charge in [0.2, 0.25) is 0 Å². The molecule has 35 heavy (non-hydrogen) atoms. The van der Waals surface area contributed by atoms with Crippen molar-refractivity contribution in [1.29, 1.82) is 0 Å². The van der Waals surface area contributed by atoms with Gasteiger partial charge in [-0.05, 0) is 37.1 Å². The van der Waals surface area contributed by atoms with Gasteiger partial charge in [-0.3, -0.25) is 14.4 Å². The largest absolute Gasteiger partial charge is 0.462 e. The molecule has 0 amide bonds. The highest BCUT2D eigenvalue weighted by Crippen LogP contribution is 2.47. The standard InChI is InChI=1S/C24H28N2O8S/c1-5-6-13-34-22(27)15-21-20-14-16(2)7-12-19(20)23(24(32-3)33-4)25(21)35(30,31)18-10-8-17(9-11-18)26(28)29/h7-12,14-15,23-24H,5-6,13H2,1-4H3/b21-15+. The van der Waals surface area contributed by atoms with E-state index in [0.717, 1.165) is 46.6 Å². The van der Waals surface area contributed by atoms with E-state index in [1.807, 2.05) is 19.9 Å². The molecule has 1 heterocycles. The molecule has 0 saturated carbocycles.